The maximum absolute atomic E-state index is 13.1. The number of alkyl carbamates (subject to hydrolysis) is 1. The van der Waals surface area contributed by atoms with E-state index < -0.39 is 33.4 Å². The third-order valence-electron chi connectivity index (χ3n) is 6.76. The third-order valence-corrected chi connectivity index (χ3v) is 8.39. The molecule has 43 heavy (non-hydrogen) atoms. The average molecular weight is 654 g/mol. The maximum Gasteiger partial charge on any atom is 0.408 e. The highest BCUT2D eigenvalue weighted by Crippen LogP contribution is 2.53. The van der Waals surface area contributed by atoms with Crippen molar-refractivity contribution in [3.63, 3.8) is 0 Å². The van der Waals surface area contributed by atoms with Crippen LogP contribution in [-0.2, 0) is 15.0 Å². The first-order chi connectivity index (χ1) is 20.7. The smallest absolute Gasteiger partial charge is 0.408 e. The number of ether oxygens (including phenoxy) is 2. The summed E-state index contributed by atoms with van der Waals surface area (Å²) >= 11 is 19.0. The first kappa shape index (κ1) is 31.0. The fraction of sp³-hybridized carbons (Fsp3) is 0.182. The van der Waals surface area contributed by atoms with E-state index in [2.05, 4.69) is 5.32 Å². The minimum Gasteiger partial charge on any atom is -0.462 e. The van der Waals surface area contributed by atoms with E-state index in [1.807, 2.05) is 97.1 Å². The lowest BCUT2D eigenvalue weighted by Gasteiger charge is -2.34. The van der Waals surface area contributed by atoms with Crippen LogP contribution in [0.5, 0.6) is 0 Å². The van der Waals surface area contributed by atoms with Gasteiger partial charge in [0, 0.05) is 21.6 Å². The van der Waals surface area contributed by atoms with Crippen molar-refractivity contribution in [2.75, 3.05) is 13.2 Å². The molecule has 10 heteroatoms. The summed E-state index contributed by atoms with van der Waals surface area (Å²) in [5, 5.41) is 2.30. The highest BCUT2D eigenvalue weighted by atomic mass is 35.6. The van der Waals surface area contributed by atoms with Gasteiger partial charge in [0.25, 0.3) is 0 Å². The van der Waals surface area contributed by atoms with Crippen molar-refractivity contribution in [1.82, 2.24) is 5.32 Å². The topological polar surface area (TPSA) is 77.0 Å². The van der Waals surface area contributed by atoms with Crippen molar-refractivity contribution < 1.29 is 19.1 Å². The van der Waals surface area contributed by atoms with E-state index >= 15 is 0 Å². The predicted octanol–water partition coefficient (Wildman–Crippen LogP) is 8.17. The van der Waals surface area contributed by atoms with Crippen molar-refractivity contribution in [3.05, 3.63) is 137 Å². The number of nitrogens with zero attached hydrogens (tertiary/aromatic N) is 1. The number of aliphatic imine (C=N–C) groups is 1. The minimum absolute atomic E-state index is 0.263. The number of carbonyl (C=O) groups excluding carboxylic acids is 2. The molecule has 5 rings (SSSR count). The predicted molar refractivity (Wildman–Crippen MR) is 173 cm³/mol. The number of halogens is 3. The molecule has 0 spiro atoms. The Balaban J connectivity index is 1.73. The van der Waals surface area contributed by atoms with E-state index in [0.717, 1.165) is 32.9 Å². The van der Waals surface area contributed by atoms with Crippen LogP contribution >= 0.6 is 46.6 Å². The number of carbonyl (C=O) groups is 2. The van der Waals surface area contributed by atoms with Gasteiger partial charge in [-0.15, -0.1) is 0 Å². The number of alkyl halides is 3. The van der Waals surface area contributed by atoms with Gasteiger partial charge in [0.1, 0.15) is 17.5 Å². The summed E-state index contributed by atoms with van der Waals surface area (Å²) in [6.07, 6.45) is -0.764. The van der Waals surface area contributed by atoms with Crippen LogP contribution in [0.2, 0.25) is 0 Å². The number of hydrogen-bond donors (Lipinski definition) is 1. The van der Waals surface area contributed by atoms with Gasteiger partial charge in [-0.2, -0.15) is 0 Å². The van der Waals surface area contributed by atoms with Crippen LogP contribution in [0.1, 0.15) is 39.5 Å². The molecular weight excluding hydrogens is 627 g/mol. The van der Waals surface area contributed by atoms with E-state index in [1.54, 1.807) is 19.1 Å². The number of nitrogens with one attached hydrogen (secondary N) is 1. The molecule has 1 aliphatic heterocycles. The fourth-order valence-corrected chi connectivity index (χ4v) is 6.46. The summed E-state index contributed by atoms with van der Waals surface area (Å²) in [5.74, 6) is -0.424. The SMILES string of the molecule is CCOC(=O)c1ccc([C@@]2(N=C(c3ccccc3)c3ccccc3)c3ccccc3S[C@H]2NC(=O)OCC(Cl)(Cl)Cl)cc1. The van der Waals surface area contributed by atoms with Crippen LogP contribution < -0.4 is 5.32 Å². The van der Waals surface area contributed by atoms with Crippen LogP contribution in [0.3, 0.4) is 0 Å². The van der Waals surface area contributed by atoms with Gasteiger partial charge < -0.3 is 14.8 Å². The zero-order chi connectivity index (χ0) is 30.5. The van der Waals surface area contributed by atoms with Crippen LogP contribution in [0.25, 0.3) is 0 Å². The van der Waals surface area contributed by atoms with Crippen molar-refractivity contribution in [1.29, 1.82) is 0 Å². The van der Waals surface area contributed by atoms with Gasteiger partial charge in [-0.1, -0.05) is 138 Å². The molecule has 1 heterocycles. The molecule has 0 saturated carbocycles. The molecule has 0 aliphatic carbocycles. The number of hydrogen-bond acceptors (Lipinski definition) is 6. The molecule has 0 aromatic heterocycles. The Morgan fingerprint density at radius 2 is 1.40 bits per heavy atom. The Morgan fingerprint density at radius 3 is 1.98 bits per heavy atom. The molecule has 220 valence electrons. The molecule has 1 amide bonds. The van der Waals surface area contributed by atoms with Gasteiger partial charge in [-0.3, -0.25) is 4.99 Å². The van der Waals surface area contributed by atoms with Gasteiger partial charge in [-0.05, 0) is 30.7 Å². The monoisotopic (exact) mass is 652 g/mol. The summed E-state index contributed by atoms with van der Waals surface area (Å²) in [7, 11) is 0. The summed E-state index contributed by atoms with van der Waals surface area (Å²) < 4.78 is 8.72. The van der Waals surface area contributed by atoms with Crippen molar-refractivity contribution in [3.8, 4) is 0 Å². The number of benzene rings is 4. The normalized spacial score (nSPS) is 17.4. The zero-order valence-corrected chi connectivity index (χ0v) is 26.1. The van der Waals surface area contributed by atoms with Crippen LogP contribution in [0, 0.1) is 0 Å². The highest BCUT2D eigenvalue weighted by Gasteiger charge is 2.51. The lowest BCUT2D eigenvalue weighted by molar-refractivity contribution is 0.0526. The van der Waals surface area contributed by atoms with E-state index in [-0.39, 0.29) is 6.61 Å². The van der Waals surface area contributed by atoms with Crippen LogP contribution in [-0.4, -0.2) is 40.2 Å². The van der Waals surface area contributed by atoms with Crippen LogP contribution in [0.15, 0.2) is 119 Å². The first-order valence-electron chi connectivity index (χ1n) is 13.5. The molecule has 0 fully saturated rings. The lowest BCUT2D eigenvalue weighted by atomic mass is 9.82. The molecule has 0 bridgehead atoms. The molecule has 4 aromatic carbocycles. The van der Waals surface area contributed by atoms with Gasteiger partial charge in [-0.25, -0.2) is 9.59 Å². The maximum atomic E-state index is 13.1. The molecule has 2 atom stereocenters. The largest absolute Gasteiger partial charge is 0.462 e. The quantitative estimate of drug-likeness (QED) is 0.118. The molecule has 1 N–H and O–H groups in total. The van der Waals surface area contributed by atoms with E-state index in [9.17, 15) is 9.59 Å². The Kier molecular flexibility index (Phi) is 9.67. The molecule has 1 aliphatic rings. The van der Waals surface area contributed by atoms with Crippen LogP contribution in [0.4, 0.5) is 4.79 Å². The summed E-state index contributed by atoms with van der Waals surface area (Å²) in [5.41, 5.74) is 3.37. The summed E-state index contributed by atoms with van der Waals surface area (Å²) in [4.78, 5) is 32.1. The Labute approximate surface area is 269 Å². The molecule has 6 nitrogen and oxygen atoms in total. The van der Waals surface area contributed by atoms with Crippen molar-refractivity contribution in [2.45, 2.75) is 26.5 Å². The molecule has 0 unspecified atom stereocenters. The van der Waals surface area contributed by atoms with Gasteiger partial charge in [0.2, 0.25) is 3.79 Å². The van der Waals surface area contributed by atoms with Crippen molar-refractivity contribution >= 4 is 64.3 Å². The minimum atomic E-state index is -1.77. The molecular formula is C33H27Cl3N2O4S. The highest BCUT2D eigenvalue weighted by molar-refractivity contribution is 8.00. The van der Waals surface area contributed by atoms with Gasteiger partial charge >= 0.3 is 12.1 Å². The summed E-state index contributed by atoms with van der Waals surface area (Å²) in [6.45, 7) is 1.59. The Morgan fingerprint density at radius 1 is 0.814 bits per heavy atom. The Bertz CT molecular complexity index is 1570. The molecule has 0 radical (unpaired) electrons. The lowest BCUT2D eigenvalue weighted by Crippen LogP contribution is -2.47. The number of amides is 1. The number of rotatable bonds is 8. The fourth-order valence-electron chi connectivity index (χ4n) is 4.90. The van der Waals surface area contributed by atoms with Crippen molar-refractivity contribution in [2.24, 2.45) is 4.99 Å². The number of fused-ring (bicyclic) bond motifs is 1. The van der Waals surface area contributed by atoms with E-state index in [0.29, 0.717) is 5.56 Å². The second-order valence-electron chi connectivity index (χ2n) is 9.59. The van der Waals surface area contributed by atoms with Gasteiger partial charge in [0.05, 0.1) is 17.9 Å². The molecule has 0 saturated heterocycles. The second-order valence-corrected chi connectivity index (χ2v) is 13.2. The second kappa shape index (κ2) is 13.4. The van der Waals surface area contributed by atoms with E-state index in [1.165, 1.54) is 11.8 Å². The zero-order valence-electron chi connectivity index (χ0n) is 23.0. The number of esters is 1. The molecule has 4 aromatic rings. The first-order valence-corrected chi connectivity index (χ1v) is 15.5. The average Bonchev–Trinajstić information content (AvgIpc) is 3.32. The third kappa shape index (κ3) is 7.02. The number of thioether (sulfide) groups is 1. The Hall–Kier alpha value is -3.49. The van der Waals surface area contributed by atoms with Gasteiger partial charge in [0.15, 0.2) is 0 Å². The standard InChI is InChI=1S/C33H27Cl3N2O4S/c1-2-41-29(39)24-17-19-25(20-18-24)33(38-28(22-11-5-3-6-12-22)23-13-7-4-8-14-23)26-15-9-10-16-27(26)43-30(33)37-31(40)42-21-32(34,35)36/h3-20,30H,2,21H2,1H3,(H,37,40)/t30-,33-/m1/s1. The summed E-state index contributed by atoms with van der Waals surface area (Å²) in [6, 6.07) is 34.6. The van der Waals surface area contributed by atoms with E-state index in [4.69, 9.17) is 49.3 Å².